The van der Waals surface area contributed by atoms with Crippen LogP contribution in [0.25, 0.3) is 0 Å². The molecule has 1 amide bonds. The quantitative estimate of drug-likeness (QED) is 0.283. The Bertz CT molecular complexity index is 498. The third-order valence-corrected chi connectivity index (χ3v) is 8.37. The summed E-state index contributed by atoms with van der Waals surface area (Å²) in [5.41, 5.74) is 1.42. The molecule has 1 rings (SSSR count). The summed E-state index contributed by atoms with van der Waals surface area (Å²) in [5.74, 6) is -0.163. The molecule has 18 heavy (non-hydrogen) atoms. The van der Waals surface area contributed by atoms with Crippen molar-refractivity contribution in [2.45, 2.75) is 13.5 Å². The number of rotatable bonds is 3. The highest BCUT2D eigenvalue weighted by atomic mass is 79.9. The summed E-state index contributed by atoms with van der Waals surface area (Å²) in [6.45, 7) is 5.67. The van der Waals surface area contributed by atoms with Crippen molar-refractivity contribution in [2.75, 3.05) is 0 Å². The zero-order valence-electron chi connectivity index (χ0n) is 9.21. The SMILES string of the molecule is C=C(C)C(=O)NCc1c(Br)c(Br)c(Br)c(Br)c1Br. The van der Waals surface area contributed by atoms with Gasteiger partial charge in [-0.15, -0.1) is 0 Å². The highest BCUT2D eigenvalue weighted by molar-refractivity contribution is 9.15. The number of amides is 1. The summed E-state index contributed by atoms with van der Waals surface area (Å²) in [5, 5.41) is 2.80. The molecule has 0 fully saturated rings. The van der Waals surface area contributed by atoms with Gasteiger partial charge in [0.1, 0.15) is 0 Å². The molecular formula is C11H8Br5NO. The largest absolute Gasteiger partial charge is 0.348 e. The van der Waals surface area contributed by atoms with Crippen molar-refractivity contribution in [1.29, 1.82) is 0 Å². The van der Waals surface area contributed by atoms with Crippen LogP contribution in [0.2, 0.25) is 0 Å². The van der Waals surface area contributed by atoms with Crippen molar-refractivity contribution in [3.8, 4) is 0 Å². The lowest BCUT2D eigenvalue weighted by Gasteiger charge is -2.14. The van der Waals surface area contributed by atoms with Gasteiger partial charge in [-0.3, -0.25) is 4.79 Å². The van der Waals surface area contributed by atoms with E-state index >= 15 is 0 Å². The second kappa shape index (κ2) is 7.02. The van der Waals surface area contributed by atoms with Gasteiger partial charge in [-0.1, -0.05) is 6.58 Å². The van der Waals surface area contributed by atoms with E-state index in [2.05, 4.69) is 91.5 Å². The van der Waals surface area contributed by atoms with E-state index in [1.165, 1.54) is 0 Å². The van der Waals surface area contributed by atoms with Gasteiger partial charge in [-0.2, -0.15) is 0 Å². The first-order valence-electron chi connectivity index (χ1n) is 4.71. The monoisotopic (exact) mass is 565 g/mol. The Morgan fingerprint density at radius 1 is 1.00 bits per heavy atom. The molecule has 0 atom stereocenters. The predicted molar refractivity (Wildman–Crippen MR) is 91.6 cm³/mol. The average molecular weight is 570 g/mol. The van der Waals surface area contributed by atoms with E-state index < -0.39 is 0 Å². The smallest absolute Gasteiger partial charge is 0.246 e. The van der Waals surface area contributed by atoms with Crippen LogP contribution in [0.5, 0.6) is 0 Å². The Balaban J connectivity index is 3.11. The maximum absolute atomic E-state index is 11.5. The number of hydrogen-bond acceptors (Lipinski definition) is 1. The number of halogens is 5. The molecule has 0 heterocycles. The van der Waals surface area contributed by atoms with E-state index in [9.17, 15) is 4.79 Å². The topological polar surface area (TPSA) is 29.1 Å². The van der Waals surface area contributed by atoms with Crippen molar-refractivity contribution in [2.24, 2.45) is 0 Å². The molecular weight excluding hydrogens is 562 g/mol. The third kappa shape index (κ3) is 3.69. The van der Waals surface area contributed by atoms with Crippen LogP contribution < -0.4 is 5.32 Å². The number of benzene rings is 1. The van der Waals surface area contributed by atoms with E-state index in [4.69, 9.17) is 0 Å². The number of nitrogens with one attached hydrogen (secondary N) is 1. The summed E-state index contributed by atoms with van der Waals surface area (Å²) in [6.07, 6.45) is 0. The molecule has 0 spiro atoms. The molecule has 1 aromatic carbocycles. The summed E-state index contributed by atoms with van der Waals surface area (Å²) >= 11 is 17.4. The van der Waals surface area contributed by atoms with Gasteiger partial charge in [0, 0.05) is 40.0 Å². The van der Waals surface area contributed by atoms with Crippen molar-refractivity contribution in [3.05, 3.63) is 40.1 Å². The minimum Gasteiger partial charge on any atom is -0.348 e. The molecule has 0 aliphatic carbocycles. The maximum atomic E-state index is 11.5. The Hall–Kier alpha value is 0.830. The summed E-state index contributed by atoms with van der Waals surface area (Å²) < 4.78 is 4.43. The minimum atomic E-state index is -0.163. The van der Waals surface area contributed by atoms with Crippen LogP contribution in [-0.2, 0) is 11.3 Å². The van der Waals surface area contributed by atoms with E-state index in [-0.39, 0.29) is 5.91 Å². The molecule has 0 saturated heterocycles. The van der Waals surface area contributed by atoms with Gasteiger partial charge in [0.05, 0.1) is 0 Å². The molecule has 0 radical (unpaired) electrons. The van der Waals surface area contributed by atoms with Crippen molar-refractivity contribution >= 4 is 85.6 Å². The van der Waals surface area contributed by atoms with Crippen LogP contribution in [0.1, 0.15) is 12.5 Å². The van der Waals surface area contributed by atoms with Crippen LogP contribution in [0.15, 0.2) is 34.5 Å². The van der Waals surface area contributed by atoms with Gasteiger partial charge in [0.2, 0.25) is 5.91 Å². The zero-order valence-corrected chi connectivity index (χ0v) is 17.1. The van der Waals surface area contributed by atoms with Crippen LogP contribution in [0, 0.1) is 0 Å². The molecule has 0 aliphatic rings. The first-order chi connectivity index (χ1) is 8.27. The lowest BCUT2D eigenvalue weighted by molar-refractivity contribution is -0.117. The Morgan fingerprint density at radius 3 is 1.78 bits per heavy atom. The van der Waals surface area contributed by atoms with Gasteiger partial charge < -0.3 is 5.32 Å². The highest BCUT2D eigenvalue weighted by Crippen LogP contribution is 2.44. The van der Waals surface area contributed by atoms with Crippen LogP contribution in [0.4, 0.5) is 0 Å². The summed E-state index contributed by atoms with van der Waals surface area (Å²) in [4.78, 5) is 11.5. The van der Waals surface area contributed by atoms with Gasteiger partial charge in [-0.05, 0) is 86.6 Å². The van der Waals surface area contributed by atoms with E-state index in [0.717, 1.165) is 27.9 Å². The predicted octanol–water partition coefficient (Wildman–Crippen LogP) is 5.69. The van der Waals surface area contributed by atoms with Crippen LogP contribution in [0.3, 0.4) is 0 Å². The average Bonchev–Trinajstić information content (AvgIpc) is 2.33. The maximum Gasteiger partial charge on any atom is 0.246 e. The molecule has 7 heteroatoms. The molecule has 0 unspecified atom stereocenters. The third-order valence-electron chi connectivity index (χ3n) is 2.11. The number of carbonyl (C=O) groups is 1. The van der Waals surface area contributed by atoms with E-state index in [0.29, 0.717) is 12.1 Å². The Morgan fingerprint density at radius 2 is 1.39 bits per heavy atom. The Labute approximate surface area is 148 Å². The minimum absolute atomic E-state index is 0.163. The number of hydrogen-bond donors (Lipinski definition) is 1. The van der Waals surface area contributed by atoms with Gasteiger partial charge in [0.15, 0.2) is 0 Å². The Kier molecular flexibility index (Phi) is 6.58. The molecule has 0 aliphatic heterocycles. The lowest BCUT2D eigenvalue weighted by atomic mass is 10.2. The zero-order chi connectivity index (χ0) is 14.0. The lowest BCUT2D eigenvalue weighted by Crippen LogP contribution is -2.23. The summed E-state index contributed by atoms with van der Waals surface area (Å²) in [7, 11) is 0. The van der Waals surface area contributed by atoms with Crippen LogP contribution >= 0.6 is 79.6 Å². The van der Waals surface area contributed by atoms with Crippen molar-refractivity contribution in [3.63, 3.8) is 0 Å². The molecule has 1 aromatic rings. The molecule has 1 N–H and O–H groups in total. The fourth-order valence-electron chi connectivity index (χ4n) is 1.13. The number of carbonyl (C=O) groups excluding carboxylic acids is 1. The van der Waals surface area contributed by atoms with Gasteiger partial charge in [0.25, 0.3) is 0 Å². The van der Waals surface area contributed by atoms with Gasteiger partial charge in [-0.25, -0.2) is 0 Å². The molecule has 98 valence electrons. The van der Waals surface area contributed by atoms with Crippen molar-refractivity contribution in [1.82, 2.24) is 5.32 Å². The fourth-order valence-corrected chi connectivity index (χ4v) is 4.53. The van der Waals surface area contributed by atoms with Crippen LogP contribution in [-0.4, -0.2) is 5.91 Å². The molecule has 0 aromatic heterocycles. The molecule has 0 saturated carbocycles. The van der Waals surface area contributed by atoms with E-state index in [1.54, 1.807) is 6.92 Å². The first kappa shape index (κ1) is 16.9. The first-order valence-corrected chi connectivity index (χ1v) is 8.67. The summed E-state index contributed by atoms with van der Waals surface area (Å²) in [6, 6.07) is 0. The van der Waals surface area contributed by atoms with Crippen molar-refractivity contribution < 1.29 is 4.79 Å². The fraction of sp³-hybridized carbons (Fsp3) is 0.182. The normalized spacial score (nSPS) is 10.3. The standard InChI is InChI=1S/C11H8Br5NO/c1-4(2)11(18)17-3-5-6(12)8(14)10(16)9(15)7(5)13/h1,3H2,2H3,(H,17,18). The van der Waals surface area contributed by atoms with Gasteiger partial charge >= 0.3 is 0 Å². The second-order valence-corrected chi connectivity index (χ2v) is 7.48. The van der Waals surface area contributed by atoms with E-state index in [1.807, 2.05) is 0 Å². The molecule has 0 bridgehead atoms. The second-order valence-electron chi connectivity index (χ2n) is 3.51. The molecule has 2 nitrogen and oxygen atoms in total. The highest BCUT2D eigenvalue weighted by Gasteiger charge is 2.17.